The lowest BCUT2D eigenvalue weighted by atomic mass is 9.93. The lowest BCUT2D eigenvalue weighted by Crippen LogP contribution is -2.42. The van der Waals surface area contributed by atoms with Crippen LogP contribution in [0.1, 0.15) is 19.2 Å². The summed E-state index contributed by atoms with van der Waals surface area (Å²) in [6.45, 7) is 2.11. The molecule has 2 heterocycles. The maximum atomic E-state index is 6.16. The fourth-order valence-electron chi connectivity index (χ4n) is 1.41. The Bertz CT molecular complexity index is 261. The molecule has 1 aromatic rings. The molecule has 66 valence electrons. The summed E-state index contributed by atoms with van der Waals surface area (Å²) in [5.41, 5.74) is 5.79. The van der Waals surface area contributed by atoms with Crippen molar-refractivity contribution >= 4 is 11.8 Å². The zero-order valence-corrected chi connectivity index (χ0v) is 7.64. The molecular formula is C6H11N5S. The first kappa shape index (κ1) is 8.00. The van der Waals surface area contributed by atoms with Gasteiger partial charge in [-0.15, -0.1) is 10.2 Å². The first-order valence-electron chi connectivity index (χ1n) is 3.88. The van der Waals surface area contributed by atoms with Crippen molar-refractivity contribution in [3.63, 3.8) is 0 Å². The fourth-order valence-corrected chi connectivity index (χ4v) is 2.74. The van der Waals surface area contributed by atoms with Crippen molar-refractivity contribution < 1.29 is 0 Å². The number of rotatable bonds is 1. The van der Waals surface area contributed by atoms with Crippen molar-refractivity contribution in [1.29, 1.82) is 0 Å². The van der Waals surface area contributed by atoms with E-state index < -0.39 is 0 Å². The molecule has 2 rings (SSSR count). The Labute approximate surface area is 74.5 Å². The lowest BCUT2D eigenvalue weighted by molar-refractivity contribution is 0.420. The zero-order chi connectivity index (χ0) is 8.60. The fraction of sp³-hybridized carbons (Fsp3) is 0.833. The highest BCUT2D eigenvalue weighted by atomic mass is 32.2. The highest BCUT2D eigenvalue weighted by molar-refractivity contribution is 8.00. The standard InChI is InChI=1S/C6H11N5S/c1-4-6(7,2-3-12-4)5-8-10-11-9-5/h4H,2-3,7H2,1H3,(H,8,9,10,11). The summed E-state index contributed by atoms with van der Waals surface area (Å²) in [6.07, 6.45) is 0.929. The largest absolute Gasteiger partial charge is 0.318 e. The van der Waals surface area contributed by atoms with Gasteiger partial charge < -0.3 is 5.73 Å². The monoisotopic (exact) mass is 185 g/mol. The van der Waals surface area contributed by atoms with E-state index in [0.717, 1.165) is 12.2 Å². The molecule has 0 saturated carbocycles. The van der Waals surface area contributed by atoms with Crippen LogP contribution in [0.3, 0.4) is 0 Å². The second-order valence-electron chi connectivity index (χ2n) is 3.04. The van der Waals surface area contributed by atoms with Gasteiger partial charge >= 0.3 is 0 Å². The third-order valence-electron chi connectivity index (χ3n) is 2.37. The van der Waals surface area contributed by atoms with Crippen LogP contribution in [0, 0.1) is 0 Å². The molecule has 2 unspecified atom stereocenters. The average molecular weight is 185 g/mol. The minimum Gasteiger partial charge on any atom is -0.318 e. The summed E-state index contributed by atoms with van der Waals surface area (Å²) in [5.74, 6) is 1.71. The second kappa shape index (κ2) is 2.70. The predicted octanol–water partition coefficient (Wildman–Crippen LogP) is -0.121. The molecule has 1 aliphatic heterocycles. The Hall–Kier alpha value is -0.620. The lowest BCUT2D eigenvalue weighted by Gasteiger charge is -2.23. The van der Waals surface area contributed by atoms with Crippen LogP contribution < -0.4 is 5.73 Å². The van der Waals surface area contributed by atoms with Crippen LogP contribution >= 0.6 is 11.8 Å². The number of aromatic amines is 1. The van der Waals surface area contributed by atoms with Gasteiger partial charge in [-0.25, -0.2) is 0 Å². The topological polar surface area (TPSA) is 80.5 Å². The Morgan fingerprint density at radius 3 is 3.08 bits per heavy atom. The molecular weight excluding hydrogens is 174 g/mol. The summed E-state index contributed by atoms with van der Waals surface area (Å²) in [4.78, 5) is 0. The van der Waals surface area contributed by atoms with Gasteiger partial charge in [0, 0.05) is 5.25 Å². The van der Waals surface area contributed by atoms with Gasteiger partial charge in [-0.05, 0) is 12.2 Å². The van der Waals surface area contributed by atoms with Gasteiger partial charge in [0.15, 0.2) is 5.82 Å². The molecule has 0 bridgehead atoms. The first-order valence-corrected chi connectivity index (χ1v) is 4.93. The second-order valence-corrected chi connectivity index (χ2v) is 4.49. The Kier molecular flexibility index (Phi) is 1.80. The first-order chi connectivity index (χ1) is 5.73. The number of aromatic nitrogens is 4. The normalized spacial score (nSPS) is 35.7. The van der Waals surface area contributed by atoms with Crippen molar-refractivity contribution in [2.75, 3.05) is 5.75 Å². The molecule has 0 aromatic carbocycles. The Morgan fingerprint density at radius 1 is 1.75 bits per heavy atom. The number of nitrogens with two attached hydrogens (primary N) is 1. The number of nitrogens with zero attached hydrogens (tertiary/aromatic N) is 3. The minimum absolute atomic E-state index is 0.370. The Morgan fingerprint density at radius 2 is 2.58 bits per heavy atom. The maximum Gasteiger partial charge on any atom is 0.195 e. The van der Waals surface area contributed by atoms with E-state index in [1.165, 1.54) is 0 Å². The molecule has 6 heteroatoms. The molecule has 0 spiro atoms. The van der Waals surface area contributed by atoms with Gasteiger partial charge in [-0.2, -0.15) is 17.0 Å². The van der Waals surface area contributed by atoms with Gasteiger partial charge in [0.25, 0.3) is 0 Å². The number of hydrogen-bond donors (Lipinski definition) is 2. The third kappa shape index (κ3) is 1.02. The molecule has 12 heavy (non-hydrogen) atoms. The minimum atomic E-state index is -0.377. The van der Waals surface area contributed by atoms with Crippen LogP contribution in [0.15, 0.2) is 0 Å². The van der Waals surface area contributed by atoms with E-state index in [1.54, 1.807) is 0 Å². The SMILES string of the molecule is CC1SCCC1(N)c1nn[nH]n1. The summed E-state index contributed by atoms with van der Waals surface area (Å²) in [5, 5.41) is 14.2. The molecule has 1 saturated heterocycles. The van der Waals surface area contributed by atoms with Crippen LogP contribution in [0.4, 0.5) is 0 Å². The van der Waals surface area contributed by atoms with Crippen molar-refractivity contribution in [2.24, 2.45) is 5.73 Å². The number of thioether (sulfide) groups is 1. The van der Waals surface area contributed by atoms with E-state index >= 15 is 0 Å². The maximum absolute atomic E-state index is 6.16. The van der Waals surface area contributed by atoms with Gasteiger partial charge in [0.1, 0.15) is 0 Å². The molecule has 3 N–H and O–H groups in total. The van der Waals surface area contributed by atoms with Gasteiger partial charge in [0.05, 0.1) is 5.54 Å². The summed E-state index contributed by atoms with van der Waals surface area (Å²) >= 11 is 1.86. The van der Waals surface area contributed by atoms with Crippen molar-refractivity contribution in [3.05, 3.63) is 5.82 Å². The van der Waals surface area contributed by atoms with E-state index in [1.807, 2.05) is 11.8 Å². The third-order valence-corrected chi connectivity index (χ3v) is 3.73. The number of tetrazole rings is 1. The van der Waals surface area contributed by atoms with E-state index in [-0.39, 0.29) is 5.54 Å². The molecule has 1 aromatic heterocycles. The zero-order valence-electron chi connectivity index (χ0n) is 6.82. The number of hydrogen-bond acceptors (Lipinski definition) is 5. The average Bonchev–Trinajstić information content (AvgIpc) is 2.62. The summed E-state index contributed by atoms with van der Waals surface area (Å²) in [7, 11) is 0. The highest BCUT2D eigenvalue weighted by Gasteiger charge is 2.42. The van der Waals surface area contributed by atoms with Crippen LogP contribution in [0.25, 0.3) is 0 Å². The van der Waals surface area contributed by atoms with Gasteiger partial charge in [-0.1, -0.05) is 12.1 Å². The van der Waals surface area contributed by atoms with Crippen LogP contribution in [-0.4, -0.2) is 31.6 Å². The van der Waals surface area contributed by atoms with E-state index in [2.05, 4.69) is 27.5 Å². The molecule has 0 amide bonds. The number of nitrogens with one attached hydrogen (secondary N) is 1. The van der Waals surface area contributed by atoms with Gasteiger partial charge in [-0.3, -0.25) is 0 Å². The van der Waals surface area contributed by atoms with E-state index in [4.69, 9.17) is 5.73 Å². The smallest absolute Gasteiger partial charge is 0.195 e. The van der Waals surface area contributed by atoms with Crippen molar-refractivity contribution in [2.45, 2.75) is 24.1 Å². The number of H-pyrrole nitrogens is 1. The summed E-state index contributed by atoms with van der Waals surface area (Å²) in [6, 6.07) is 0. The summed E-state index contributed by atoms with van der Waals surface area (Å²) < 4.78 is 0. The van der Waals surface area contributed by atoms with E-state index in [9.17, 15) is 0 Å². The van der Waals surface area contributed by atoms with Crippen LogP contribution in [0.5, 0.6) is 0 Å². The van der Waals surface area contributed by atoms with Crippen LogP contribution in [0.2, 0.25) is 0 Å². The molecule has 2 atom stereocenters. The van der Waals surface area contributed by atoms with Crippen molar-refractivity contribution in [1.82, 2.24) is 20.6 Å². The molecule has 0 radical (unpaired) electrons. The quantitative estimate of drug-likeness (QED) is 0.637. The van der Waals surface area contributed by atoms with Crippen molar-refractivity contribution in [3.8, 4) is 0 Å². The predicted molar refractivity (Wildman–Crippen MR) is 46.6 cm³/mol. The molecule has 1 aliphatic rings. The molecule has 5 nitrogen and oxygen atoms in total. The van der Waals surface area contributed by atoms with E-state index in [0.29, 0.717) is 11.1 Å². The Balaban J connectivity index is 2.32. The molecule has 0 aliphatic carbocycles. The molecule has 1 fully saturated rings. The van der Waals surface area contributed by atoms with Gasteiger partial charge in [0.2, 0.25) is 0 Å². The van der Waals surface area contributed by atoms with Crippen LogP contribution in [-0.2, 0) is 5.54 Å². The highest BCUT2D eigenvalue weighted by Crippen LogP contribution is 2.38.